The summed E-state index contributed by atoms with van der Waals surface area (Å²) in [7, 11) is 2.18. The fourth-order valence-corrected chi connectivity index (χ4v) is 1.67. The quantitative estimate of drug-likeness (QED) is 0.571. The Bertz CT molecular complexity index is 382. The Morgan fingerprint density at radius 2 is 2.25 bits per heavy atom. The number of fused-ring (bicyclic) bond motifs is 1. The minimum absolute atomic E-state index is 0.117. The van der Waals surface area contributed by atoms with Crippen LogP contribution in [-0.2, 0) is 16.0 Å². The molecule has 5 nitrogen and oxygen atoms in total. The summed E-state index contributed by atoms with van der Waals surface area (Å²) in [5.41, 5.74) is 1.52. The Hall–Kier alpha value is -1.24. The van der Waals surface area contributed by atoms with Crippen LogP contribution in [-0.4, -0.2) is 33.2 Å². The average Bonchev–Trinajstić information content (AvgIpc) is 2.68. The average molecular weight is 224 g/mol. The summed E-state index contributed by atoms with van der Waals surface area (Å²) < 4.78 is 20.5. The standard InChI is InChI=1S/C10H13BO5/c1-13-6-15-9-4-8(14-2)3-7-5-16-11(12)10(7)9/h3-4,12H,5-6H2,1-2H3. The normalized spacial score (nSPS) is 13.8. The Labute approximate surface area is 94.0 Å². The molecule has 0 fully saturated rings. The fourth-order valence-electron chi connectivity index (χ4n) is 1.67. The van der Waals surface area contributed by atoms with Gasteiger partial charge in [0.15, 0.2) is 6.79 Å². The molecule has 0 unspecified atom stereocenters. The second-order valence-electron chi connectivity index (χ2n) is 3.41. The number of hydrogen-bond acceptors (Lipinski definition) is 5. The van der Waals surface area contributed by atoms with Crippen molar-refractivity contribution in [2.24, 2.45) is 0 Å². The maximum atomic E-state index is 9.64. The van der Waals surface area contributed by atoms with Gasteiger partial charge >= 0.3 is 7.12 Å². The lowest BCUT2D eigenvalue weighted by atomic mass is 9.78. The topological polar surface area (TPSA) is 57.2 Å². The first-order valence-electron chi connectivity index (χ1n) is 4.88. The van der Waals surface area contributed by atoms with Gasteiger partial charge in [0.2, 0.25) is 0 Å². The molecule has 16 heavy (non-hydrogen) atoms. The Kier molecular flexibility index (Phi) is 3.33. The van der Waals surface area contributed by atoms with E-state index in [-0.39, 0.29) is 6.79 Å². The minimum Gasteiger partial charge on any atom is -0.497 e. The van der Waals surface area contributed by atoms with Gasteiger partial charge in [-0.1, -0.05) is 0 Å². The van der Waals surface area contributed by atoms with E-state index in [2.05, 4.69) is 0 Å². The molecule has 1 N–H and O–H groups in total. The Morgan fingerprint density at radius 1 is 1.44 bits per heavy atom. The van der Waals surface area contributed by atoms with Crippen LogP contribution in [0.5, 0.6) is 11.5 Å². The van der Waals surface area contributed by atoms with Crippen LogP contribution in [0.15, 0.2) is 12.1 Å². The molecule has 1 aliphatic rings. The van der Waals surface area contributed by atoms with Crippen LogP contribution in [0.2, 0.25) is 0 Å². The van der Waals surface area contributed by atoms with Crippen molar-refractivity contribution in [3.8, 4) is 11.5 Å². The predicted octanol–water partition coefficient (Wildman–Crippen LogP) is -0.104. The van der Waals surface area contributed by atoms with E-state index in [0.717, 1.165) is 5.56 Å². The molecule has 1 aromatic rings. The van der Waals surface area contributed by atoms with E-state index >= 15 is 0 Å². The van der Waals surface area contributed by atoms with Gasteiger partial charge in [-0.25, -0.2) is 0 Å². The van der Waals surface area contributed by atoms with Gasteiger partial charge in [-0.05, 0) is 11.6 Å². The minimum atomic E-state index is -0.937. The van der Waals surface area contributed by atoms with E-state index in [4.69, 9.17) is 18.9 Å². The van der Waals surface area contributed by atoms with Crippen molar-refractivity contribution >= 4 is 12.6 Å². The third-order valence-electron chi connectivity index (χ3n) is 2.41. The molecule has 2 rings (SSSR count). The van der Waals surface area contributed by atoms with E-state index in [1.165, 1.54) is 7.11 Å². The number of benzene rings is 1. The second-order valence-corrected chi connectivity index (χ2v) is 3.41. The first-order valence-corrected chi connectivity index (χ1v) is 4.88. The highest BCUT2D eigenvalue weighted by Crippen LogP contribution is 2.25. The highest BCUT2D eigenvalue weighted by atomic mass is 16.7. The van der Waals surface area contributed by atoms with Gasteiger partial charge in [0.25, 0.3) is 0 Å². The summed E-state index contributed by atoms with van der Waals surface area (Å²) >= 11 is 0. The van der Waals surface area contributed by atoms with Gasteiger partial charge in [-0.3, -0.25) is 0 Å². The third-order valence-corrected chi connectivity index (χ3v) is 2.41. The van der Waals surface area contributed by atoms with E-state index in [1.807, 2.05) is 6.07 Å². The summed E-state index contributed by atoms with van der Waals surface area (Å²) in [5, 5.41) is 9.64. The summed E-state index contributed by atoms with van der Waals surface area (Å²) in [5.74, 6) is 1.20. The molecule has 86 valence electrons. The SMILES string of the molecule is COCOc1cc(OC)cc2c1B(O)OC2. The Morgan fingerprint density at radius 3 is 2.94 bits per heavy atom. The van der Waals surface area contributed by atoms with Gasteiger partial charge in [0.1, 0.15) is 11.5 Å². The van der Waals surface area contributed by atoms with Crippen molar-refractivity contribution < 1.29 is 23.9 Å². The monoisotopic (exact) mass is 224 g/mol. The van der Waals surface area contributed by atoms with Gasteiger partial charge in [-0.2, -0.15) is 0 Å². The highest BCUT2D eigenvalue weighted by molar-refractivity contribution is 6.62. The van der Waals surface area contributed by atoms with Gasteiger partial charge in [0.05, 0.1) is 13.7 Å². The summed E-state index contributed by atoms with van der Waals surface area (Å²) in [6.07, 6.45) is 0. The van der Waals surface area contributed by atoms with Gasteiger partial charge < -0.3 is 23.9 Å². The van der Waals surface area contributed by atoms with Crippen LogP contribution < -0.4 is 14.9 Å². The first-order chi connectivity index (χ1) is 7.76. The molecule has 1 heterocycles. The van der Waals surface area contributed by atoms with E-state index in [9.17, 15) is 5.02 Å². The molecule has 0 spiro atoms. The zero-order chi connectivity index (χ0) is 11.5. The van der Waals surface area contributed by atoms with Crippen molar-refractivity contribution in [2.45, 2.75) is 6.61 Å². The lowest BCUT2D eigenvalue weighted by Crippen LogP contribution is -2.30. The van der Waals surface area contributed by atoms with Crippen molar-refractivity contribution in [3.05, 3.63) is 17.7 Å². The van der Waals surface area contributed by atoms with Crippen molar-refractivity contribution in [2.75, 3.05) is 21.0 Å². The first kappa shape index (κ1) is 11.3. The third kappa shape index (κ3) is 1.99. The molecule has 6 heteroatoms. The van der Waals surface area contributed by atoms with Crippen LogP contribution in [0.4, 0.5) is 0 Å². The second kappa shape index (κ2) is 4.73. The maximum Gasteiger partial charge on any atom is 0.495 e. The van der Waals surface area contributed by atoms with E-state index < -0.39 is 7.12 Å². The highest BCUT2D eigenvalue weighted by Gasteiger charge is 2.32. The number of ether oxygens (including phenoxy) is 3. The van der Waals surface area contributed by atoms with E-state index in [0.29, 0.717) is 23.6 Å². The number of hydrogen-bond donors (Lipinski definition) is 1. The molecule has 0 bridgehead atoms. The van der Waals surface area contributed by atoms with Crippen LogP contribution in [0.1, 0.15) is 5.56 Å². The lowest BCUT2D eigenvalue weighted by molar-refractivity contribution is 0.0516. The maximum absolute atomic E-state index is 9.64. The number of rotatable bonds is 4. The predicted molar refractivity (Wildman–Crippen MR) is 57.9 cm³/mol. The van der Waals surface area contributed by atoms with Crippen LogP contribution in [0, 0.1) is 0 Å². The molecular weight excluding hydrogens is 211 g/mol. The lowest BCUT2D eigenvalue weighted by Gasteiger charge is -2.11. The molecule has 1 aliphatic heterocycles. The van der Waals surface area contributed by atoms with Gasteiger partial charge in [-0.15, -0.1) is 0 Å². The number of methoxy groups -OCH3 is 2. The van der Waals surface area contributed by atoms with Gasteiger partial charge in [0, 0.05) is 18.6 Å². The summed E-state index contributed by atoms with van der Waals surface area (Å²) in [6.45, 7) is 0.476. The largest absolute Gasteiger partial charge is 0.497 e. The molecule has 0 aliphatic carbocycles. The zero-order valence-corrected chi connectivity index (χ0v) is 9.23. The fraction of sp³-hybridized carbons (Fsp3) is 0.400. The summed E-state index contributed by atoms with van der Waals surface area (Å²) in [6, 6.07) is 3.53. The molecule has 0 aromatic heterocycles. The van der Waals surface area contributed by atoms with Crippen LogP contribution in [0.25, 0.3) is 0 Å². The van der Waals surface area contributed by atoms with Crippen LogP contribution in [0.3, 0.4) is 0 Å². The molecule has 0 saturated heterocycles. The molecule has 1 aromatic carbocycles. The molecule has 0 radical (unpaired) electrons. The Balaban J connectivity index is 2.36. The van der Waals surface area contributed by atoms with Crippen LogP contribution >= 0.6 is 0 Å². The van der Waals surface area contributed by atoms with Crippen molar-refractivity contribution in [1.29, 1.82) is 0 Å². The smallest absolute Gasteiger partial charge is 0.495 e. The molecule has 0 amide bonds. The van der Waals surface area contributed by atoms with Crippen molar-refractivity contribution in [1.82, 2.24) is 0 Å². The summed E-state index contributed by atoms with van der Waals surface area (Å²) in [4.78, 5) is 0. The molecular formula is C10H13BO5. The zero-order valence-electron chi connectivity index (χ0n) is 9.23. The molecule has 0 atom stereocenters. The van der Waals surface area contributed by atoms with E-state index in [1.54, 1.807) is 13.2 Å². The van der Waals surface area contributed by atoms with Crippen molar-refractivity contribution in [3.63, 3.8) is 0 Å². The molecule has 0 saturated carbocycles.